The van der Waals surface area contributed by atoms with E-state index in [0.29, 0.717) is 11.8 Å². The lowest BCUT2D eigenvalue weighted by Gasteiger charge is -2.28. The van der Waals surface area contributed by atoms with Crippen molar-refractivity contribution in [3.05, 3.63) is 45.7 Å². The van der Waals surface area contributed by atoms with Gasteiger partial charge in [-0.05, 0) is 9.97 Å². The van der Waals surface area contributed by atoms with E-state index < -0.39 is 24.4 Å². The number of halogens is 2. The summed E-state index contributed by atoms with van der Waals surface area (Å²) in [6.45, 7) is 3.46. The molecule has 10 nitrogen and oxygen atoms in total. The first-order valence-corrected chi connectivity index (χ1v) is 10.0. The summed E-state index contributed by atoms with van der Waals surface area (Å²) in [6.07, 6.45) is -1.89. The molecule has 2 aromatic heterocycles. The predicted molar refractivity (Wildman–Crippen MR) is 104 cm³/mol. The summed E-state index contributed by atoms with van der Waals surface area (Å²) in [6, 6.07) is 0. The second-order valence-electron chi connectivity index (χ2n) is 5.53. The van der Waals surface area contributed by atoms with Crippen molar-refractivity contribution >= 4 is 31.9 Å². The Hall–Kier alpha value is -1.44. The lowest BCUT2D eigenvalue weighted by Crippen LogP contribution is -2.39. The SMILES string of the molecule is Cc1nnc([C@H](OC/C=C/Br)[C@H](O)[C@@H](O)[C@@H](OC/C=C/Br)c2nnc(C)o2)o1. The van der Waals surface area contributed by atoms with Gasteiger partial charge < -0.3 is 28.5 Å². The van der Waals surface area contributed by atoms with Gasteiger partial charge in [-0.3, -0.25) is 0 Å². The van der Waals surface area contributed by atoms with Crippen LogP contribution in [0.5, 0.6) is 0 Å². The molecule has 0 aliphatic heterocycles. The van der Waals surface area contributed by atoms with E-state index in [1.807, 2.05) is 0 Å². The third kappa shape index (κ3) is 6.29. The maximum absolute atomic E-state index is 10.8. The minimum atomic E-state index is -1.49. The quantitative estimate of drug-likeness (QED) is 0.451. The fourth-order valence-electron chi connectivity index (χ4n) is 2.23. The van der Waals surface area contributed by atoms with Crippen LogP contribution < -0.4 is 0 Å². The normalized spacial score (nSPS) is 16.6. The van der Waals surface area contributed by atoms with E-state index in [1.165, 1.54) is 0 Å². The van der Waals surface area contributed by atoms with Gasteiger partial charge in [-0.2, -0.15) is 0 Å². The third-order valence-corrected chi connectivity index (χ3v) is 4.21. The number of aryl methyl sites for hydroxylation is 2. The van der Waals surface area contributed by atoms with Crippen molar-refractivity contribution in [2.24, 2.45) is 0 Å². The van der Waals surface area contributed by atoms with Gasteiger partial charge in [0.25, 0.3) is 0 Å². The fourth-order valence-corrected chi connectivity index (χ4v) is 2.54. The number of hydrogen-bond acceptors (Lipinski definition) is 10. The summed E-state index contributed by atoms with van der Waals surface area (Å²) in [4.78, 5) is 3.21. The number of aromatic nitrogens is 4. The molecule has 0 saturated carbocycles. The molecule has 4 atom stereocenters. The third-order valence-electron chi connectivity index (χ3n) is 3.46. The Morgan fingerprint density at radius 2 is 1.21 bits per heavy atom. The van der Waals surface area contributed by atoms with Crippen molar-refractivity contribution in [3.63, 3.8) is 0 Å². The Labute approximate surface area is 177 Å². The molecular weight excluding hydrogens is 504 g/mol. The van der Waals surface area contributed by atoms with E-state index in [0.717, 1.165) is 0 Å². The Bertz CT molecular complexity index is 717. The molecule has 2 rings (SSSR count). The molecule has 28 heavy (non-hydrogen) atoms. The van der Waals surface area contributed by atoms with Gasteiger partial charge in [-0.15, -0.1) is 20.4 Å². The highest BCUT2D eigenvalue weighted by molar-refractivity contribution is 9.11. The maximum atomic E-state index is 10.8. The van der Waals surface area contributed by atoms with Gasteiger partial charge in [-0.25, -0.2) is 0 Å². The number of ether oxygens (including phenoxy) is 2. The van der Waals surface area contributed by atoms with E-state index in [2.05, 4.69) is 52.3 Å². The zero-order valence-corrected chi connectivity index (χ0v) is 18.3. The molecule has 2 N–H and O–H groups in total. The molecule has 0 radical (unpaired) electrons. The number of aliphatic hydroxyl groups is 2. The van der Waals surface area contributed by atoms with Crippen LogP contribution in [0.4, 0.5) is 0 Å². The molecule has 0 aliphatic carbocycles. The van der Waals surface area contributed by atoms with Gasteiger partial charge in [0.15, 0.2) is 12.2 Å². The van der Waals surface area contributed by atoms with Crippen LogP contribution in [0.2, 0.25) is 0 Å². The van der Waals surface area contributed by atoms with Crippen molar-refractivity contribution in [1.82, 2.24) is 20.4 Å². The number of hydrogen-bond donors (Lipinski definition) is 2. The molecule has 2 heterocycles. The van der Waals surface area contributed by atoms with E-state index >= 15 is 0 Å². The van der Waals surface area contributed by atoms with Gasteiger partial charge in [0.1, 0.15) is 12.2 Å². The molecule has 0 aromatic carbocycles. The Balaban J connectivity index is 2.25. The molecule has 0 fully saturated rings. The van der Waals surface area contributed by atoms with Crippen LogP contribution in [0.3, 0.4) is 0 Å². The minimum absolute atomic E-state index is 0.0211. The number of nitrogens with zero attached hydrogens (tertiary/aromatic N) is 4. The van der Waals surface area contributed by atoms with Gasteiger partial charge in [0, 0.05) is 13.8 Å². The molecule has 2 aromatic rings. The van der Waals surface area contributed by atoms with Crippen molar-refractivity contribution in [2.45, 2.75) is 38.3 Å². The van der Waals surface area contributed by atoms with Crippen molar-refractivity contribution < 1.29 is 28.5 Å². The Kier molecular flexibility index (Phi) is 9.41. The van der Waals surface area contributed by atoms with Crippen LogP contribution >= 0.6 is 31.9 Å². The first kappa shape index (κ1) is 22.8. The molecule has 0 amide bonds. The van der Waals surface area contributed by atoms with Crippen LogP contribution in [0.1, 0.15) is 35.8 Å². The molecule has 0 aliphatic rings. The summed E-state index contributed by atoms with van der Waals surface area (Å²) in [7, 11) is 0. The zero-order valence-electron chi connectivity index (χ0n) is 15.1. The summed E-state index contributed by atoms with van der Waals surface area (Å²) in [5.41, 5.74) is 0. The molecule has 0 spiro atoms. The highest BCUT2D eigenvalue weighted by atomic mass is 79.9. The van der Waals surface area contributed by atoms with Crippen molar-refractivity contribution in [1.29, 1.82) is 0 Å². The highest BCUT2D eigenvalue weighted by Gasteiger charge is 2.40. The predicted octanol–water partition coefficient (Wildman–Crippen LogP) is 2.42. The van der Waals surface area contributed by atoms with Gasteiger partial charge in [0.05, 0.1) is 13.2 Å². The summed E-state index contributed by atoms with van der Waals surface area (Å²) in [5.74, 6) is 0.633. The monoisotopic (exact) mass is 522 g/mol. The smallest absolute Gasteiger partial charge is 0.247 e. The van der Waals surface area contributed by atoms with E-state index in [1.54, 1.807) is 36.0 Å². The zero-order chi connectivity index (χ0) is 20.5. The molecule has 0 bridgehead atoms. The van der Waals surface area contributed by atoms with Crippen LogP contribution in [0.15, 0.2) is 31.0 Å². The lowest BCUT2D eigenvalue weighted by molar-refractivity contribution is -0.145. The van der Waals surface area contributed by atoms with E-state index in [-0.39, 0.29) is 25.0 Å². The minimum Gasteiger partial charge on any atom is -0.423 e. The van der Waals surface area contributed by atoms with Crippen LogP contribution in [0.25, 0.3) is 0 Å². The van der Waals surface area contributed by atoms with E-state index in [9.17, 15) is 10.2 Å². The van der Waals surface area contributed by atoms with Gasteiger partial charge in [-0.1, -0.05) is 44.0 Å². The molecular formula is C16H20Br2N4O6. The number of aliphatic hydroxyl groups excluding tert-OH is 2. The Morgan fingerprint density at radius 3 is 1.50 bits per heavy atom. The second kappa shape index (κ2) is 11.5. The molecule has 0 unspecified atom stereocenters. The van der Waals surface area contributed by atoms with Crippen LogP contribution in [0, 0.1) is 13.8 Å². The Morgan fingerprint density at radius 1 is 0.821 bits per heavy atom. The first-order chi connectivity index (χ1) is 13.5. The summed E-state index contributed by atoms with van der Waals surface area (Å²) >= 11 is 6.27. The standard InChI is InChI=1S/C16H20Br2N4O6/c1-9-19-21-15(27-9)13(25-7-3-5-17)11(23)12(24)14(26-8-4-6-18)16-22-20-10(2)28-16/h3-6,11-14,23-24H,7-8H2,1-2H3/b5-3+,6-4+/t11-,12-,13-,14-/m1/s1. The second-order valence-corrected chi connectivity index (χ2v) is 6.59. The van der Waals surface area contributed by atoms with Crippen molar-refractivity contribution in [3.8, 4) is 0 Å². The maximum Gasteiger partial charge on any atom is 0.247 e. The van der Waals surface area contributed by atoms with E-state index in [4.69, 9.17) is 18.3 Å². The lowest BCUT2D eigenvalue weighted by atomic mass is 10.0. The summed E-state index contributed by atoms with van der Waals surface area (Å²) in [5, 5.41) is 36.8. The van der Waals surface area contributed by atoms with Crippen LogP contribution in [-0.2, 0) is 9.47 Å². The van der Waals surface area contributed by atoms with Crippen LogP contribution in [-0.4, -0.2) is 56.0 Å². The molecule has 12 heteroatoms. The molecule has 0 saturated heterocycles. The fraction of sp³-hybridized carbons (Fsp3) is 0.500. The highest BCUT2D eigenvalue weighted by Crippen LogP contribution is 2.30. The number of rotatable bonds is 11. The van der Waals surface area contributed by atoms with Gasteiger partial charge >= 0.3 is 0 Å². The average Bonchev–Trinajstić information content (AvgIpc) is 3.30. The topological polar surface area (TPSA) is 137 Å². The van der Waals surface area contributed by atoms with Gasteiger partial charge in [0.2, 0.25) is 23.6 Å². The molecule has 154 valence electrons. The summed E-state index contributed by atoms with van der Waals surface area (Å²) < 4.78 is 22.0. The van der Waals surface area contributed by atoms with Crippen molar-refractivity contribution in [2.75, 3.05) is 13.2 Å². The first-order valence-electron chi connectivity index (χ1n) is 8.17. The largest absolute Gasteiger partial charge is 0.423 e. The average molecular weight is 524 g/mol.